The molecule has 0 bridgehead atoms. The Morgan fingerprint density at radius 2 is 1.92 bits per heavy atom. The Bertz CT molecular complexity index is 695. The first-order chi connectivity index (χ1) is 11.5. The van der Waals surface area contributed by atoms with Gasteiger partial charge in [-0.25, -0.2) is 0 Å². The molecule has 0 radical (unpaired) electrons. The van der Waals surface area contributed by atoms with Crippen LogP contribution in [0.3, 0.4) is 0 Å². The molecule has 0 aliphatic rings. The number of thiocarbonyl (C=S) groups is 1. The van der Waals surface area contributed by atoms with Crippen molar-refractivity contribution in [2.75, 3.05) is 11.9 Å². The van der Waals surface area contributed by atoms with Gasteiger partial charge in [0, 0.05) is 28.8 Å². The molecule has 2 rings (SSSR count). The number of phenols is 1. The first-order valence-corrected chi connectivity index (χ1v) is 9.78. The normalized spacial score (nSPS) is 10.5. The van der Waals surface area contributed by atoms with E-state index in [0.717, 1.165) is 35.1 Å². The maximum atomic E-state index is 10.3. The van der Waals surface area contributed by atoms with E-state index in [1.54, 1.807) is 0 Å². The Hall–Kier alpha value is -1.11. The summed E-state index contributed by atoms with van der Waals surface area (Å²) < 4.78 is 1.59. The van der Waals surface area contributed by atoms with Gasteiger partial charge in [0.05, 0.1) is 4.47 Å². The zero-order valence-electron chi connectivity index (χ0n) is 13.4. The lowest BCUT2D eigenvalue weighted by atomic mass is 10.2. The molecule has 0 amide bonds. The smallest absolute Gasteiger partial charge is 0.173 e. The molecule has 3 nitrogen and oxygen atoms in total. The Kier molecular flexibility index (Phi) is 7.52. The Morgan fingerprint density at radius 1 is 1.21 bits per heavy atom. The SMILES string of the molecule is CCCCN(Cc1cc(Br)cc(Br)c1O)C(=S)Nc1ccccc1. The van der Waals surface area contributed by atoms with Crippen molar-refractivity contribution in [2.24, 2.45) is 0 Å². The molecule has 0 spiro atoms. The van der Waals surface area contributed by atoms with Crippen LogP contribution in [0.2, 0.25) is 0 Å². The Balaban J connectivity index is 2.17. The molecule has 2 aromatic carbocycles. The van der Waals surface area contributed by atoms with Gasteiger partial charge in [-0.15, -0.1) is 0 Å². The van der Waals surface area contributed by atoms with Crippen LogP contribution in [0.4, 0.5) is 5.69 Å². The monoisotopic (exact) mass is 470 g/mol. The molecular weight excluding hydrogens is 452 g/mol. The van der Waals surface area contributed by atoms with Gasteiger partial charge in [-0.05, 0) is 58.8 Å². The van der Waals surface area contributed by atoms with E-state index in [4.69, 9.17) is 12.2 Å². The van der Waals surface area contributed by atoms with Gasteiger partial charge >= 0.3 is 0 Å². The number of aromatic hydroxyl groups is 1. The molecule has 0 unspecified atom stereocenters. The molecule has 24 heavy (non-hydrogen) atoms. The number of nitrogens with zero attached hydrogens (tertiary/aromatic N) is 1. The average molecular weight is 472 g/mol. The van der Waals surface area contributed by atoms with E-state index in [9.17, 15) is 5.11 Å². The van der Waals surface area contributed by atoms with Crippen LogP contribution < -0.4 is 5.32 Å². The molecule has 6 heteroatoms. The summed E-state index contributed by atoms with van der Waals surface area (Å²) in [6.45, 7) is 3.53. The van der Waals surface area contributed by atoms with Gasteiger partial charge in [0.1, 0.15) is 5.75 Å². The van der Waals surface area contributed by atoms with Crippen LogP contribution in [0.15, 0.2) is 51.4 Å². The maximum Gasteiger partial charge on any atom is 0.173 e. The van der Waals surface area contributed by atoms with E-state index in [0.29, 0.717) is 16.1 Å². The third kappa shape index (κ3) is 5.46. The second kappa shape index (κ2) is 9.39. The summed E-state index contributed by atoms with van der Waals surface area (Å²) in [6, 6.07) is 13.6. The quantitative estimate of drug-likeness (QED) is 0.512. The highest BCUT2D eigenvalue weighted by molar-refractivity contribution is 9.11. The van der Waals surface area contributed by atoms with E-state index < -0.39 is 0 Å². The molecule has 0 atom stereocenters. The fraction of sp³-hybridized carbons (Fsp3) is 0.278. The molecular formula is C18H20Br2N2OS. The lowest BCUT2D eigenvalue weighted by molar-refractivity contribution is 0.391. The van der Waals surface area contributed by atoms with Crippen molar-refractivity contribution in [1.82, 2.24) is 4.90 Å². The zero-order chi connectivity index (χ0) is 17.5. The average Bonchev–Trinajstić information content (AvgIpc) is 2.56. The molecule has 0 heterocycles. The third-order valence-electron chi connectivity index (χ3n) is 3.56. The summed E-state index contributed by atoms with van der Waals surface area (Å²) in [4.78, 5) is 2.08. The number of anilines is 1. The van der Waals surface area contributed by atoms with Crippen molar-refractivity contribution in [3.05, 3.63) is 57.0 Å². The minimum atomic E-state index is 0.252. The number of rotatable bonds is 6. The number of hydrogen-bond acceptors (Lipinski definition) is 2. The number of phenolic OH excluding ortho intramolecular Hbond substituents is 1. The molecule has 2 N–H and O–H groups in total. The van der Waals surface area contributed by atoms with Gasteiger partial charge < -0.3 is 15.3 Å². The molecule has 0 saturated heterocycles. The first-order valence-electron chi connectivity index (χ1n) is 7.79. The molecule has 0 fully saturated rings. The number of hydrogen-bond donors (Lipinski definition) is 2. The molecule has 2 aromatic rings. The van der Waals surface area contributed by atoms with Crippen molar-refractivity contribution in [1.29, 1.82) is 0 Å². The van der Waals surface area contributed by atoms with E-state index in [2.05, 4.69) is 49.0 Å². The lowest BCUT2D eigenvalue weighted by Gasteiger charge is -2.26. The number of para-hydroxylation sites is 1. The lowest BCUT2D eigenvalue weighted by Crippen LogP contribution is -2.35. The summed E-state index contributed by atoms with van der Waals surface area (Å²) in [6.07, 6.45) is 2.12. The summed E-state index contributed by atoms with van der Waals surface area (Å²) in [5, 5.41) is 14.2. The van der Waals surface area contributed by atoms with Crippen molar-refractivity contribution in [2.45, 2.75) is 26.3 Å². The number of nitrogens with one attached hydrogen (secondary N) is 1. The summed E-state index contributed by atoms with van der Waals surface area (Å²) in [5.74, 6) is 0.252. The van der Waals surface area contributed by atoms with E-state index in [1.807, 2.05) is 42.5 Å². The predicted molar refractivity (Wildman–Crippen MR) is 111 cm³/mol. The van der Waals surface area contributed by atoms with Gasteiger partial charge in [-0.2, -0.15) is 0 Å². The van der Waals surface area contributed by atoms with Gasteiger partial charge in [-0.1, -0.05) is 47.5 Å². The van der Waals surface area contributed by atoms with Crippen LogP contribution in [-0.4, -0.2) is 21.7 Å². The fourth-order valence-electron chi connectivity index (χ4n) is 2.27. The summed E-state index contributed by atoms with van der Waals surface area (Å²) in [7, 11) is 0. The van der Waals surface area contributed by atoms with Crippen LogP contribution in [-0.2, 0) is 6.54 Å². The molecule has 0 aliphatic carbocycles. The fourth-order valence-corrected chi connectivity index (χ4v) is 3.86. The minimum absolute atomic E-state index is 0.252. The van der Waals surface area contributed by atoms with Crippen molar-refractivity contribution < 1.29 is 5.11 Å². The van der Waals surface area contributed by atoms with Crippen LogP contribution in [0.5, 0.6) is 5.75 Å². The van der Waals surface area contributed by atoms with Crippen molar-refractivity contribution in [3.63, 3.8) is 0 Å². The van der Waals surface area contributed by atoms with Crippen LogP contribution in [0, 0.1) is 0 Å². The van der Waals surface area contributed by atoms with Crippen molar-refractivity contribution >= 4 is 54.9 Å². The van der Waals surface area contributed by atoms with Gasteiger partial charge in [0.15, 0.2) is 5.11 Å². The molecule has 128 valence electrons. The van der Waals surface area contributed by atoms with Crippen LogP contribution in [0.1, 0.15) is 25.3 Å². The van der Waals surface area contributed by atoms with E-state index in [1.165, 1.54) is 0 Å². The summed E-state index contributed by atoms with van der Waals surface area (Å²) >= 11 is 12.4. The van der Waals surface area contributed by atoms with E-state index in [-0.39, 0.29) is 5.75 Å². The van der Waals surface area contributed by atoms with Crippen molar-refractivity contribution in [3.8, 4) is 5.75 Å². The molecule has 0 saturated carbocycles. The van der Waals surface area contributed by atoms with Gasteiger partial charge in [0.2, 0.25) is 0 Å². The number of halogens is 2. The zero-order valence-corrected chi connectivity index (χ0v) is 17.4. The standard InChI is InChI=1S/C18H20Br2N2OS/c1-2-3-9-22(18(24)21-15-7-5-4-6-8-15)12-13-10-14(19)11-16(20)17(13)23/h4-8,10-11,23H,2-3,9,12H2,1H3,(H,21,24). The van der Waals surface area contributed by atoms with Crippen LogP contribution in [0.25, 0.3) is 0 Å². The Labute approximate surface area is 165 Å². The van der Waals surface area contributed by atoms with Gasteiger partial charge in [-0.3, -0.25) is 0 Å². The Morgan fingerprint density at radius 3 is 2.58 bits per heavy atom. The minimum Gasteiger partial charge on any atom is -0.506 e. The second-order valence-electron chi connectivity index (χ2n) is 5.47. The molecule has 0 aromatic heterocycles. The number of unbranched alkanes of at least 4 members (excludes halogenated alkanes) is 1. The maximum absolute atomic E-state index is 10.3. The van der Waals surface area contributed by atoms with Gasteiger partial charge in [0.25, 0.3) is 0 Å². The largest absolute Gasteiger partial charge is 0.506 e. The molecule has 0 aliphatic heterocycles. The highest BCUT2D eigenvalue weighted by atomic mass is 79.9. The topological polar surface area (TPSA) is 35.5 Å². The predicted octanol–water partition coefficient (Wildman–Crippen LogP) is 5.92. The van der Waals surface area contributed by atoms with E-state index >= 15 is 0 Å². The van der Waals surface area contributed by atoms with Crippen LogP contribution >= 0.6 is 44.1 Å². The number of benzene rings is 2. The summed E-state index contributed by atoms with van der Waals surface area (Å²) in [5.41, 5.74) is 1.79. The highest BCUT2D eigenvalue weighted by Gasteiger charge is 2.15. The first kappa shape index (κ1) is 19.2. The second-order valence-corrected chi connectivity index (χ2v) is 7.62. The third-order valence-corrected chi connectivity index (χ3v) is 4.98. The highest BCUT2D eigenvalue weighted by Crippen LogP contribution is 2.32.